The summed E-state index contributed by atoms with van der Waals surface area (Å²) in [5.41, 5.74) is 0. The lowest BCUT2D eigenvalue weighted by molar-refractivity contribution is 0.150. The Hall–Kier alpha value is -1.80. The molecule has 0 radical (unpaired) electrons. The molecule has 1 aliphatic carbocycles. The Morgan fingerprint density at radius 2 is 1.80 bits per heavy atom. The summed E-state index contributed by atoms with van der Waals surface area (Å²) >= 11 is 0. The van der Waals surface area contributed by atoms with Crippen molar-refractivity contribution in [2.45, 2.75) is 62.4 Å². The van der Waals surface area contributed by atoms with E-state index in [1.54, 1.807) is 24.3 Å². The molecule has 1 aromatic carbocycles. The van der Waals surface area contributed by atoms with Gasteiger partial charge in [-0.05, 0) is 56.9 Å². The number of guanidine groups is 1. The van der Waals surface area contributed by atoms with Crippen LogP contribution in [0.1, 0.15) is 45.4 Å². The second-order valence-electron chi connectivity index (χ2n) is 8.25. The Balaban J connectivity index is 1.42. The molecule has 1 heterocycles. The van der Waals surface area contributed by atoms with Gasteiger partial charge >= 0.3 is 0 Å². The van der Waals surface area contributed by atoms with E-state index in [1.807, 2.05) is 0 Å². The largest absolute Gasteiger partial charge is 0.492 e. The smallest absolute Gasteiger partial charge is 0.191 e. The molecule has 0 aromatic heterocycles. The number of hydrogen-bond donors (Lipinski definition) is 2. The molecular formula is C22H36N4O3S. The average molecular weight is 437 g/mol. The van der Waals surface area contributed by atoms with Crippen LogP contribution in [0.4, 0.5) is 0 Å². The molecule has 168 valence electrons. The van der Waals surface area contributed by atoms with Crippen molar-refractivity contribution in [1.29, 1.82) is 0 Å². The van der Waals surface area contributed by atoms with Gasteiger partial charge in [-0.25, -0.2) is 13.4 Å². The summed E-state index contributed by atoms with van der Waals surface area (Å²) < 4.78 is 28.7. The standard InChI is InChI=1S/C22H36N4O3S/c1-3-23-22(25-18-12-15-26(16-13-18)19-6-4-5-7-19)24-14-17-29-20-8-10-21(11-9-20)30(2,27)28/h8-11,18-19H,3-7,12-17H2,1-2H3,(H2,23,24,25). The van der Waals surface area contributed by atoms with Crippen molar-refractivity contribution in [2.75, 3.05) is 39.0 Å². The molecule has 2 fully saturated rings. The van der Waals surface area contributed by atoms with Crippen LogP contribution in [0.2, 0.25) is 0 Å². The average Bonchev–Trinajstić information content (AvgIpc) is 3.26. The first-order chi connectivity index (χ1) is 14.5. The normalized spacial score (nSPS) is 19.7. The molecule has 0 unspecified atom stereocenters. The van der Waals surface area contributed by atoms with Crippen molar-refractivity contribution in [3.63, 3.8) is 0 Å². The number of sulfone groups is 1. The van der Waals surface area contributed by atoms with Crippen LogP contribution in [0.15, 0.2) is 34.2 Å². The highest BCUT2D eigenvalue weighted by molar-refractivity contribution is 7.90. The number of ether oxygens (including phenoxy) is 1. The fraction of sp³-hybridized carbons (Fsp3) is 0.682. The van der Waals surface area contributed by atoms with Crippen LogP contribution < -0.4 is 15.4 Å². The molecule has 30 heavy (non-hydrogen) atoms. The highest BCUT2D eigenvalue weighted by Crippen LogP contribution is 2.26. The topological polar surface area (TPSA) is 83.0 Å². The molecule has 3 rings (SSSR count). The molecule has 1 saturated carbocycles. The number of benzene rings is 1. The minimum absolute atomic E-state index is 0.297. The zero-order chi connectivity index (χ0) is 21.4. The SMILES string of the molecule is CCNC(=NCCOc1ccc(S(C)(=O)=O)cc1)NC1CCN(C2CCCC2)CC1. The number of aliphatic imine (C=N–C) groups is 1. The van der Waals surface area contributed by atoms with Gasteiger partial charge in [-0.3, -0.25) is 0 Å². The molecule has 0 amide bonds. The van der Waals surface area contributed by atoms with Gasteiger partial charge in [-0.1, -0.05) is 12.8 Å². The van der Waals surface area contributed by atoms with Crippen molar-refractivity contribution in [1.82, 2.24) is 15.5 Å². The number of piperidine rings is 1. The van der Waals surface area contributed by atoms with Gasteiger partial charge in [0.2, 0.25) is 0 Å². The Labute approximate surface area is 181 Å². The van der Waals surface area contributed by atoms with Crippen LogP contribution in [0.3, 0.4) is 0 Å². The van der Waals surface area contributed by atoms with E-state index in [4.69, 9.17) is 4.74 Å². The van der Waals surface area contributed by atoms with Gasteiger partial charge < -0.3 is 20.3 Å². The summed E-state index contributed by atoms with van der Waals surface area (Å²) in [5.74, 6) is 1.49. The van der Waals surface area contributed by atoms with E-state index < -0.39 is 9.84 Å². The Morgan fingerprint density at radius 1 is 1.13 bits per heavy atom. The number of hydrogen-bond acceptors (Lipinski definition) is 5. The summed E-state index contributed by atoms with van der Waals surface area (Å²) in [6.07, 6.45) is 9.05. The lowest BCUT2D eigenvalue weighted by Crippen LogP contribution is -2.50. The molecule has 1 aromatic rings. The van der Waals surface area contributed by atoms with Crippen LogP contribution in [-0.4, -0.2) is 70.4 Å². The van der Waals surface area contributed by atoms with Crippen molar-refractivity contribution in [3.05, 3.63) is 24.3 Å². The van der Waals surface area contributed by atoms with E-state index >= 15 is 0 Å². The summed E-state index contributed by atoms with van der Waals surface area (Å²) in [7, 11) is -3.18. The third kappa shape index (κ3) is 6.87. The lowest BCUT2D eigenvalue weighted by Gasteiger charge is -2.36. The molecule has 2 aliphatic rings. The third-order valence-corrected chi connectivity index (χ3v) is 7.07. The number of nitrogens with one attached hydrogen (secondary N) is 2. The van der Waals surface area contributed by atoms with Crippen molar-refractivity contribution < 1.29 is 13.2 Å². The van der Waals surface area contributed by atoms with Crippen molar-refractivity contribution in [3.8, 4) is 5.75 Å². The van der Waals surface area contributed by atoms with Gasteiger partial charge in [-0.15, -0.1) is 0 Å². The van der Waals surface area contributed by atoms with Crippen LogP contribution >= 0.6 is 0 Å². The quantitative estimate of drug-likeness (QED) is 0.370. The van der Waals surface area contributed by atoms with Crippen LogP contribution in [0.25, 0.3) is 0 Å². The summed E-state index contributed by atoms with van der Waals surface area (Å²) in [6, 6.07) is 7.78. The Kier molecular flexibility index (Phi) is 8.39. The summed E-state index contributed by atoms with van der Waals surface area (Å²) in [5, 5.41) is 6.90. The highest BCUT2D eigenvalue weighted by atomic mass is 32.2. The predicted octanol–water partition coefficient (Wildman–Crippen LogP) is 2.43. The maximum absolute atomic E-state index is 11.5. The van der Waals surface area contributed by atoms with Gasteiger partial charge in [0.25, 0.3) is 0 Å². The number of nitrogens with zero attached hydrogens (tertiary/aromatic N) is 2. The van der Waals surface area contributed by atoms with Gasteiger partial charge in [0, 0.05) is 38.0 Å². The van der Waals surface area contributed by atoms with Crippen LogP contribution in [-0.2, 0) is 9.84 Å². The zero-order valence-electron chi connectivity index (χ0n) is 18.3. The molecular weight excluding hydrogens is 400 g/mol. The number of rotatable bonds is 8. The minimum atomic E-state index is -3.18. The van der Waals surface area contributed by atoms with Gasteiger partial charge in [0.15, 0.2) is 15.8 Å². The predicted molar refractivity (Wildman–Crippen MR) is 121 cm³/mol. The molecule has 0 spiro atoms. The van der Waals surface area contributed by atoms with E-state index in [2.05, 4.69) is 27.4 Å². The second kappa shape index (κ2) is 11.0. The Bertz CT molecular complexity index is 781. The second-order valence-corrected chi connectivity index (χ2v) is 10.3. The van der Waals surface area contributed by atoms with Gasteiger partial charge in [-0.2, -0.15) is 0 Å². The molecule has 8 heteroatoms. The maximum Gasteiger partial charge on any atom is 0.191 e. The molecule has 0 atom stereocenters. The summed E-state index contributed by atoms with van der Waals surface area (Å²) in [4.78, 5) is 7.61. The highest BCUT2D eigenvalue weighted by Gasteiger charge is 2.27. The third-order valence-electron chi connectivity index (χ3n) is 5.94. The van der Waals surface area contributed by atoms with Crippen LogP contribution in [0, 0.1) is 0 Å². The fourth-order valence-electron chi connectivity index (χ4n) is 4.30. The van der Waals surface area contributed by atoms with Gasteiger partial charge in [0.1, 0.15) is 12.4 Å². The van der Waals surface area contributed by atoms with Crippen molar-refractivity contribution in [2.24, 2.45) is 4.99 Å². The molecule has 7 nitrogen and oxygen atoms in total. The lowest BCUT2D eigenvalue weighted by atomic mass is 10.0. The monoisotopic (exact) mass is 436 g/mol. The Morgan fingerprint density at radius 3 is 2.40 bits per heavy atom. The molecule has 2 N–H and O–H groups in total. The van der Waals surface area contributed by atoms with Crippen molar-refractivity contribution >= 4 is 15.8 Å². The van der Waals surface area contributed by atoms with E-state index in [-0.39, 0.29) is 0 Å². The zero-order valence-corrected chi connectivity index (χ0v) is 19.1. The molecule has 1 aliphatic heterocycles. The van der Waals surface area contributed by atoms with E-state index in [0.29, 0.717) is 29.8 Å². The first-order valence-corrected chi connectivity index (χ1v) is 13.1. The van der Waals surface area contributed by atoms with Gasteiger partial charge in [0.05, 0.1) is 11.4 Å². The maximum atomic E-state index is 11.5. The first-order valence-electron chi connectivity index (χ1n) is 11.2. The fourth-order valence-corrected chi connectivity index (χ4v) is 4.93. The molecule has 0 bridgehead atoms. The van der Waals surface area contributed by atoms with E-state index in [0.717, 1.165) is 31.4 Å². The minimum Gasteiger partial charge on any atom is -0.492 e. The first kappa shape index (κ1) is 22.9. The van der Waals surface area contributed by atoms with Crippen LogP contribution in [0.5, 0.6) is 5.75 Å². The van der Waals surface area contributed by atoms with E-state index in [1.165, 1.54) is 45.0 Å². The van der Waals surface area contributed by atoms with E-state index in [9.17, 15) is 8.42 Å². The summed E-state index contributed by atoms with van der Waals surface area (Å²) in [6.45, 7) is 6.21. The number of likely N-dealkylation sites (tertiary alicyclic amines) is 1. The molecule has 1 saturated heterocycles.